The Labute approximate surface area is 192 Å². The molecule has 1 saturated heterocycles. The Morgan fingerprint density at radius 1 is 1.12 bits per heavy atom. The van der Waals surface area contributed by atoms with Crippen molar-refractivity contribution in [3.8, 4) is 22.4 Å². The van der Waals surface area contributed by atoms with Gasteiger partial charge in [-0.1, -0.05) is 48.5 Å². The van der Waals surface area contributed by atoms with Crippen molar-refractivity contribution in [3.05, 3.63) is 82.3 Å². The average Bonchev–Trinajstić information content (AvgIpc) is 3.56. The van der Waals surface area contributed by atoms with Gasteiger partial charge in [0.05, 0.1) is 23.4 Å². The van der Waals surface area contributed by atoms with E-state index in [0.29, 0.717) is 10.0 Å². The standard InChI is InChI=1S/C23H17N5O2S2/c24-22-28(23-25-9-10-31-23)21(30)19(32-22)11-17-12-26-27-20(17)15-7-5-14(6-8-15)18-4-2-1-3-16(18)13-29/h1-12,24,29H,13H2,(H,26,27). The molecule has 1 aliphatic rings. The van der Waals surface area contributed by atoms with Crippen molar-refractivity contribution in [2.75, 3.05) is 4.90 Å². The molecule has 1 amide bonds. The van der Waals surface area contributed by atoms with Gasteiger partial charge in [0.1, 0.15) is 0 Å². The zero-order valence-corrected chi connectivity index (χ0v) is 18.3. The predicted molar refractivity (Wildman–Crippen MR) is 128 cm³/mol. The van der Waals surface area contributed by atoms with E-state index in [1.165, 1.54) is 16.2 Å². The van der Waals surface area contributed by atoms with Crippen LogP contribution in [-0.2, 0) is 11.4 Å². The number of hydrogen-bond acceptors (Lipinski definition) is 7. The number of aliphatic hydroxyl groups is 1. The number of H-pyrrole nitrogens is 1. The Morgan fingerprint density at radius 2 is 1.91 bits per heavy atom. The van der Waals surface area contributed by atoms with Crippen LogP contribution >= 0.6 is 23.1 Å². The number of thiazole rings is 1. The smallest absolute Gasteiger partial charge is 0.273 e. The number of nitrogens with zero attached hydrogens (tertiary/aromatic N) is 3. The van der Waals surface area contributed by atoms with E-state index >= 15 is 0 Å². The fourth-order valence-electron chi connectivity index (χ4n) is 3.52. The number of amides is 1. The number of anilines is 1. The average molecular weight is 460 g/mol. The Morgan fingerprint density at radius 3 is 2.66 bits per heavy atom. The molecule has 0 bridgehead atoms. The highest BCUT2D eigenvalue weighted by atomic mass is 32.2. The third-order valence-corrected chi connectivity index (χ3v) is 6.71. The van der Waals surface area contributed by atoms with E-state index in [0.717, 1.165) is 45.3 Å². The molecule has 32 heavy (non-hydrogen) atoms. The van der Waals surface area contributed by atoms with Crippen LogP contribution in [0.15, 0.2) is 71.2 Å². The third kappa shape index (κ3) is 3.66. The van der Waals surface area contributed by atoms with Gasteiger partial charge in [-0.25, -0.2) is 9.88 Å². The molecular formula is C23H17N5O2S2. The van der Waals surface area contributed by atoms with Crippen molar-refractivity contribution in [2.24, 2.45) is 0 Å². The van der Waals surface area contributed by atoms with E-state index in [1.54, 1.807) is 23.8 Å². The number of thioether (sulfide) groups is 1. The number of aromatic nitrogens is 3. The third-order valence-electron chi connectivity index (χ3n) is 5.06. The summed E-state index contributed by atoms with van der Waals surface area (Å²) in [5.41, 5.74) is 5.33. The second kappa shape index (κ2) is 8.54. The van der Waals surface area contributed by atoms with Crippen molar-refractivity contribution >= 4 is 45.4 Å². The Kier molecular flexibility index (Phi) is 5.44. The number of rotatable bonds is 5. The Hall–Kier alpha value is -3.53. The number of benzene rings is 2. The molecule has 4 aromatic rings. The summed E-state index contributed by atoms with van der Waals surface area (Å²) in [7, 11) is 0. The minimum absolute atomic E-state index is 0.0189. The van der Waals surface area contributed by atoms with Gasteiger partial charge in [0, 0.05) is 22.7 Å². The molecule has 0 saturated carbocycles. The fraction of sp³-hybridized carbons (Fsp3) is 0.0435. The quantitative estimate of drug-likeness (QED) is 0.374. The summed E-state index contributed by atoms with van der Waals surface area (Å²) < 4.78 is 0. The lowest BCUT2D eigenvalue weighted by Crippen LogP contribution is -2.27. The van der Waals surface area contributed by atoms with Crippen molar-refractivity contribution in [2.45, 2.75) is 6.61 Å². The summed E-state index contributed by atoms with van der Waals surface area (Å²) in [6.07, 6.45) is 5.04. The Bertz CT molecular complexity index is 1330. The van der Waals surface area contributed by atoms with Crippen LogP contribution in [0.2, 0.25) is 0 Å². The molecule has 0 spiro atoms. The van der Waals surface area contributed by atoms with Gasteiger partial charge in [-0.3, -0.25) is 15.3 Å². The summed E-state index contributed by atoms with van der Waals surface area (Å²) in [5, 5.41) is 27.4. The first-order valence-corrected chi connectivity index (χ1v) is 11.4. The fourth-order valence-corrected chi connectivity index (χ4v) is 5.06. The lowest BCUT2D eigenvalue weighted by atomic mass is 9.98. The van der Waals surface area contributed by atoms with Gasteiger partial charge < -0.3 is 5.11 Å². The number of aliphatic hydroxyl groups excluding tert-OH is 1. The van der Waals surface area contributed by atoms with Gasteiger partial charge in [0.25, 0.3) is 5.91 Å². The van der Waals surface area contributed by atoms with E-state index in [2.05, 4.69) is 15.2 Å². The molecule has 2 aromatic carbocycles. The number of aromatic amines is 1. The summed E-state index contributed by atoms with van der Waals surface area (Å²) in [6, 6.07) is 15.7. The molecule has 0 radical (unpaired) electrons. The van der Waals surface area contributed by atoms with Crippen LogP contribution in [0.4, 0.5) is 5.13 Å². The molecule has 5 rings (SSSR count). The van der Waals surface area contributed by atoms with Crippen molar-refractivity contribution < 1.29 is 9.90 Å². The molecule has 3 N–H and O–H groups in total. The van der Waals surface area contributed by atoms with Gasteiger partial charge in [0.2, 0.25) is 0 Å². The van der Waals surface area contributed by atoms with Crippen molar-refractivity contribution in [3.63, 3.8) is 0 Å². The molecule has 1 fully saturated rings. The van der Waals surface area contributed by atoms with Crippen molar-refractivity contribution in [1.29, 1.82) is 5.41 Å². The van der Waals surface area contributed by atoms with Crippen LogP contribution in [0, 0.1) is 5.41 Å². The van der Waals surface area contributed by atoms with Crippen LogP contribution in [0.3, 0.4) is 0 Å². The van der Waals surface area contributed by atoms with E-state index in [1.807, 2.05) is 48.5 Å². The number of amidine groups is 1. The number of carbonyl (C=O) groups excluding carboxylic acids is 1. The van der Waals surface area contributed by atoms with Crippen molar-refractivity contribution in [1.82, 2.24) is 15.2 Å². The molecule has 0 atom stereocenters. The lowest BCUT2D eigenvalue weighted by molar-refractivity contribution is -0.113. The SMILES string of the molecule is N=C1SC(=Cc2cn[nH]c2-c2ccc(-c3ccccc3CO)cc2)C(=O)N1c1nccs1. The monoisotopic (exact) mass is 459 g/mol. The van der Waals surface area contributed by atoms with Crippen LogP contribution in [0.25, 0.3) is 28.5 Å². The topological polar surface area (TPSA) is 106 Å². The van der Waals surface area contributed by atoms with Crippen LogP contribution in [0.1, 0.15) is 11.1 Å². The van der Waals surface area contributed by atoms with Crippen LogP contribution < -0.4 is 4.90 Å². The Balaban J connectivity index is 1.44. The second-order valence-electron chi connectivity index (χ2n) is 6.96. The van der Waals surface area contributed by atoms with Gasteiger partial charge in [0.15, 0.2) is 10.3 Å². The normalized spacial score (nSPS) is 15.2. The maximum absolute atomic E-state index is 12.9. The number of carbonyl (C=O) groups is 1. The summed E-state index contributed by atoms with van der Waals surface area (Å²) in [4.78, 5) is 18.8. The highest BCUT2D eigenvalue weighted by molar-refractivity contribution is 8.19. The van der Waals surface area contributed by atoms with Gasteiger partial charge >= 0.3 is 0 Å². The molecule has 7 nitrogen and oxygen atoms in total. The lowest BCUT2D eigenvalue weighted by Gasteiger charge is -2.09. The maximum atomic E-state index is 12.9. The molecule has 0 unspecified atom stereocenters. The number of hydrogen-bond donors (Lipinski definition) is 3. The molecule has 158 valence electrons. The molecule has 0 aliphatic carbocycles. The van der Waals surface area contributed by atoms with E-state index in [9.17, 15) is 9.90 Å². The highest BCUT2D eigenvalue weighted by Crippen LogP contribution is 2.37. The first-order valence-electron chi connectivity index (χ1n) is 9.70. The zero-order chi connectivity index (χ0) is 22.1. The van der Waals surface area contributed by atoms with E-state index < -0.39 is 0 Å². The minimum atomic E-state index is -0.266. The molecular weight excluding hydrogens is 442 g/mol. The largest absolute Gasteiger partial charge is 0.392 e. The van der Waals surface area contributed by atoms with E-state index in [4.69, 9.17) is 5.41 Å². The summed E-state index contributed by atoms with van der Waals surface area (Å²) >= 11 is 2.43. The van der Waals surface area contributed by atoms with Crippen LogP contribution in [0.5, 0.6) is 0 Å². The first-order chi connectivity index (χ1) is 15.7. The predicted octanol–water partition coefficient (Wildman–Crippen LogP) is 4.75. The zero-order valence-electron chi connectivity index (χ0n) is 16.6. The van der Waals surface area contributed by atoms with Gasteiger partial charge in [-0.2, -0.15) is 5.10 Å². The van der Waals surface area contributed by atoms with Gasteiger partial charge in [-0.15, -0.1) is 11.3 Å². The highest BCUT2D eigenvalue weighted by Gasteiger charge is 2.35. The summed E-state index contributed by atoms with van der Waals surface area (Å²) in [5.74, 6) is -0.266. The molecule has 9 heteroatoms. The molecule has 2 aromatic heterocycles. The maximum Gasteiger partial charge on any atom is 0.273 e. The van der Waals surface area contributed by atoms with Gasteiger partial charge in [-0.05, 0) is 34.5 Å². The molecule has 3 heterocycles. The van der Waals surface area contributed by atoms with E-state index in [-0.39, 0.29) is 17.7 Å². The first kappa shape index (κ1) is 20.4. The number of nitrogens with one attached hydrogen (secondary N) is 2. The molecule has 1 aliphatic heterocycles. The minimum Gasteiger partial charge on any atom is -0.392 e. The summed E-state index contributed by atoms with van der Waals surface area (Å²) in [6.45, 7) is -0.0189. The van der Waals surface area contributed by atoms with Crippen LogP contribution in [-0.4, -0.2) is 31.4 Å². The second-order valence-corrected chi connectivity index (χ2v) is 8.87.